The first-order valence-corrected chi connectivity index (χ1v) is 9.09. The lowest BCUT2D eigenvalue weighted by atomic mass is 9.99. The molecule has 2 saturated heterocycles. The fraction of sp³-hybridized carbons (Fsp3) is 0.611. The minimum Gasteiger partial charge on any atom is -0.379 e. The number of nitrogens with zero attached hydrogens (tertiary/aromatic N) is 4. The van der Waals surface area contributed by atoms with Crippen LogP contribution in [-0.2, 0) is 4.74 Å². The maximum absolute atomic E-state index is 13.0. The molecule has 7 nitrogen and oxygen atoms in total. The van der Waals surface area contributed by atoms with Gasteiger partial charge in [0.2, 0.25) is 0 Å². The second-order valence-corrected chi connectivity index (χ2v) is 7.04. The monoisotopic (exact) mass is 343 g/mol. The van der Waals surface area contributed by atoms with Crippen molar-refractivity contribution in [2.45, 2.75) is 26.3 Å². The normalized spacial score (nSPS) is 25.0. The average Bonchev–Trinajstić information content (AvgIpc) is 3.25. The molecule has 0 saturated carbocycles. The summed E-state index contributed by atoms with van der Waals surface area (Å²) in [6.07, 6.45) is 2.73. The van der Waals surface area contributed by atoms with E-state index in [-0.39, 0.29) is 5.91 Å². The van der Waals surface area contributed by atoms with Crippen molar-refractivity contribution in [1.82, 2.24) is 25.0 Å². The van der Waals surface area contributed by atoms with Gasteiger partial charge in [0.25, 0.3) is 5.91 Å². The third-order valence-corrected chi connectivity index (χ3v) is 5.58. The number of aromatic amines is 1. The summed E-state index contributed by atoms with van der Waals surface area (Å²) >= 11 is 0. The van der Waals surface area contributed by atoms with Crippen molar-refractivity contribution in [3.63, 3.8) is 0 Å². The van der Waals surface area contributed by atoms with Gasteiger partial charge in [-0.15, -0.1) is 0 Å². The molecule has 2 aromatic heterocycles. The van der Waals surface area contributed by atoms with Crippen LogP contribution in [-0.4, -0.2) is 76.3 Å². The smallest absolute Gasteiger partial charge is 0.255 e. The first-order chi connectivity index (χ1) is 12.2. The standard InChI is InChI=1S/C18H25N5O2/c1-3-13-10-23(11-16(13)22-4-6-25-7-5-22)18(24)14-8-15-12(2)20-21-17(15)19-9-14/h8-9,13,16H,3-7,10-11H2,1-2H3,(H,19,20,21)/t13-,16-/m0/s1. The molecule has 2 aromatic rings. The van der Waals surface area contributed by atoms with E-state index in [9.17, 15) is 4.79 Å². The van der Waals surface area contributed by atoms with Gasteiger partial charge < -0.3 is 9.64 Å². The summed E-state index contributed by atoms with van der Waals surface area (Å²) in [6.45, 7) is 9.29. The Kier molecular flexibility index (Phi) is 4.43. The number of ether oxygens (including phenoxy) is 1. The van der Waals surface area contributed by atoms with E-state index in [1.165, 1.54) is 0 Å². The summed E-state index contributed by atoms with van der Waals surface area (Å²) < 4.78 is 5.48. The third kappa shape index (κ3) is 3.02. The molecular formula is C18H25N5O2. The Labute approximate surface area is 147 Å². The SMILES string of the molecule is CC[C@H]1CN(C(=O)c2cnc3n[nH]c(C)c3c2)C[C@@H]1N1CCOCC1. The summed E-state index contributed by atoms with van der Waals surface area (Å²) in [4.78, 5) is 21.8. The summed E-state index contributed by atoms with van der Waals surface area (Å²) in [5.74, 6) is 0.596. The molecule has 0 spiro atoms. The van der Waals surface area contributed by atoms with Crippen LogP contribution in [0.4, 0.5) is 0 Å². The highest BCUT2D eigenvalue weighted by molar-refractivity contribution is 5.97. The van der Waals surface area contributed by atoms with Crippen molar-refractivity contribution in [1.29, 1.82) is 0 Å². The number of aryl methyl sites for hydroxylation is 1. The van der Waals surface area contributed by atoms with E-state index >= 15 is 0 Å². The van der Waals surface area contributed by atoms with Crippen molar-refractivity contribution in [2.24, 2.45) is 5.92 Å². The molecule has 2 fully saturated rings. The Morgan fingerprint density at radius 1 is 1.36 bits per heavy atom. The molecule has 4 heterocycles. The van der Waals surface area contributed by atoms with Gasteiger partial charge in [0.1, 0.15) is 0 Å². The second-order valence-electron chi connectivity index (χ2n) is 7.04. The lowest BCUT2D eigenvalue weighted by molar-refractivity contribution is 0.0103. The summed E-state index contributed by atoms with van der Waals surface area (Å²) in [5.41, 5.74) is 2.25. The predicted octanol–water partition coefficient (Wildman–Crippen LogP) is 1.45. The van der Waals surface area contributed by atoms with E-state index in [0.29, 0.717) is 23.2 Å². The highest BCUT2D eigenvalue weighted by atomic mass is 16.5. The lowest BCUT2D eigenvalue weighted by Crippen LogP contribution is -2.47. The van der Waals surface area contributed by atoms with E-state index in [1.54, 1.807) is 6.20 Å². The van der Waals surface area contributed by atoms with Gasteiger partial charge in [0.05, 0.1) is 18.8 Å². The number of aromatic nitrogens is 3. The zero-order chi connectivity index (χ0) is 17.4. The number of nitrogens with one attached hydrogen (secondary N) is 1. The van der Waals surface area contributed by atoms with Crippen LogP contribution in [0.15, 0.2) is 12.3 Å². The molecular weight excluding hydrogens is 318 g/mol. The highest BCUT2D eigenvalue weighted by Gasteiger charge is 2.38. The van der Waals surface area contributed by atoms with Gasteiger partial charge in [-0.1, -0.05) is 13.3 Å². The number of pyridine rings is 1. The maximum Gasteiger partial charge on any atom is 0.255 e. The minimum atomic E-state index is 0.0733. The van der Waals surface area contributed by atoms with E-state index in [1.807, 2.05) is 17.9 Å². The number of amides is 1. The number of hydrogen-bond acceptors (Lipinski definition) is 5. The Morgan fingerprint density at radius 3 is 2.92 bits per heavy atom. The molecule has 0 unspecified atom stereocenters. The van der Waals surface area contributed by atoms with Gasteiger partial charge in [-0.25, -0.2) is 4.98 Å². The van der Waals surface area contributed by atoms with Crippen molar-refractivity contribution in [3.05, 3.63) is 23.5 Å². The van der Waals surface area contributed by atoms with Crippen LogP contribution in [0.3, 0.4) is 0 Å². The molecule has 2 aliphatic rings. The number of H-pyrrole nitrogens is 1. The molecule has 7 heteroatoms. The van der Waals surface area contributed by atoms with Gasteiger partial charge in [0, 0.05) is 49.5 Å². The zero-order valence-corrected chi connectivity index (χ0v) is 14.9. The Bertz CT molecular complexity index is 768. The highest BCUT2D eigenvalue weighted by Crippen LogP contribution is 2.27. The molecule has 25 heavy (non-hydrogen) atoms. The van der Waals surface area contributed by atoms with Crippen LogP contribution < -0.4 is 0 Å². The molecule has 1 amide bonds. The van der Waals surface area contributed by atoms with Gasteiger partial charge in [-0.2, -0.15) is 5.10 Å². The number of hydrogen-bond donors (Lipinski definition) is 1. The van der Waals surface area contributed by atoms with Gasteiger partial charge in [-0.05, 0) is 18.9 Å². The fourth-order valence-corrected chi connectivity index (χ4v) is 4.06. The number of likely N-dealkylation sites (tertiary alicyclic amines) is 1. The topological polar surface area (TPSA) is 74.4 Å². The van der Waals surface area contributed by atoms with Crippen LogP contribution in [0.1, 0.15) is 29.4 Å². The Hall–Kier alpha value is -1.99. The summed E-state index contributed by atoms with van der Waals surface area (Å²) in [6, 6.07) is 2.34. The molecule has 0 aliphatic carbocycles. The molecule has 134 valence electrons. The molecule has 4 rings (SSSR count). The molecule has 0 radical (unpaired) electrons. The van der Waals surface area contributed by atoms with Crippen LogP contribution in [0.5, 0.6) is 0 Å². The van der Waals surface area contributed by atoms with E-state index in [0.717, 1.165) is 56.9 Å². The Balaban J connectivity index is 1.53. The van der Waals surface area contributed by atoms with Gasteiger partial charge in [0.15, 0.2) is 5.65 Å². The molecule has 0 aromatic carbocycles. The molecule has 2 atom stereocenters. The predicted molar refractivity (Wildman–Crippen MR) is 94.5 cm³/mol. The van der Waals surface area contributed by atoms with Crippen molar-refractivity contribution >= 4 is 16.9 Å². The van der Waals surface area contributed by atoms with Crippen LogP contribution in [0, 0.1) is 12.8 Å². The summed E-state index contributed by atoms with van der Waals surface area (Å²) in [5, 5.41) is 7.98. The van der Waals surface area contributed by atoms with E-state index in [4.69, 9.17) is 4.74 Å². The van der Waals surface area contributed by atoms with Crippen molar-refractivity contribution in [3.8, 4) is 0 Å². The first-order valence-electron chi connectivity index (χ1n) is 9.09. The zero-order valence-electron chi connectivity index (χ0n) is 14.9. The number of carbonyl (C=O) groups excluding carboxylic acids is 1. The number of fused-ring (bicyclic) bond motifs is 1. The quantitative estimate of drug-likeness (QED) is 0.913. The van der Waals surface area contributed by atoms with Crippen LogP contribution >= 0.6 is 0 Å². The summed E-state index contributed by atoms with van der Waals surface area (Å²) in [7, 11) is 0. The second kappa shape index (κ2) is 6.72. The first kappa shape index (κ1) is 16.5. The van der Waals surface area contributed by atoms with Crippen molar-refractivity contribution in [2.75, 3.05) is 39.4 Å². The molecule has 1 N–H and O–H groups in total. The maximum atomic E-state index is 13.0. The van der Waals surface area contributed by atoms with E-state index < -0.39 is 0 Å². The van der Waals surface area contributed by atoms with E-state index in [2.05, 4.69) is 27.0 Å². The minimum absolute atomic E-state index is 0.0733. The van der Waals surface area contributed by atoms with Crippen LogP contribution in [0.2, 0.25) is 0 Å². The third-order valence-electron chi connectivity index (χ3n) is 5.58. The fourth-order valence-electron chi connectivity index (χ4n) is 4.06. The van der Waals surface area contributed by atoms with Crippen molar-refractivity contribution < 1.29 is 9.53 Å². The van der Waals surface area contributed by atoms with Gasteiger partial charge >= 0.3 is 0 Å². The number of carbonyl (C=O) groups is 1. The Morgan fingerprint density at radius 2 is 2.16 bits per heavy atom. The number of morpholine rings is 1. The number of rotatable bonds is 3. The largest absolute Gasteiger partial charge is 0.379 e. The average molecular weight is 343 g/mol. The van der Waals surface area contributed by atoms with Gasteiger partial charge in [-0.3, -0.25) is 14.8 Å². The molecule has 2 aliphatic heterocycles. The molecule has 0 bridgehead atoms. The van der Waals surface area contributed by atoms with Crippen LogP contribution in [0.25, 0.3) is 11.0 Å². The lowest BCUT2D eigenvalue weighted by Gasteiger charge is -2.34.